The summed E-state index contributed by atoms with van der Waals surface area (Å²) in [4.78, 5) is 0. The zero-order valence-electron chi connectivity index (χ0n) is 33.0. The van der Waals surface area contributed by atoms with Crippen LogP contribution in [0.3, 0.4) is 0 Å². The van der Waals surface area contributed by atoms with Crippen LogP contribution >= 0.6 is 0 Å². The summed E-state index contributed by atoms with van der Waals surface area (Å²) in [6.45, 7) is 0. The largest absolute Gasteiger partial charge is 0.456 e. The van der Waals surface area contributed by atoms with E-state index in [1.54, 1.807) is 6.07 Å². The van der Waals surface area contributed by atoms with Crippen LogP contribution in [-0.4, -0.2) is 0 Å². The van der Waals surface area contributed by atoms with Crippen molar-refractivity contribution in [1.29, 1.82) is 0 Å². The Bertz CT molecular complexity index is 3220. The van der Waals surface area contributed by atoms with Crippen LogP contribution in [-0.2, 0) is 0 Å². The van der Waals surface area contributed by atoms with Crippen LogP contribution in [0.4, 0.5) is 0 Å². The van der Waals surface area contributed by atoms with E-state index in [-0.39, 0.29) is 45.7 Å². The molecule has 1 nitrogen and oxygen atoms in total. The van der Waals surface area contributed by atoms with Gasteiger partial charge in [-0.25, -0.2) is 0 Å². The summed E-state index contributed by atoms with van der Waals surface area (Å²) < 4.78 is 79.2. The van der Waals surface area contributed by atoms with Gasteiger partial charge in [0.2, 0.25) is 0 Å². The first-order valence-electron chi connectivity index (χ1n) is 19.5. The van der Waals surface area contributed by atoms with Gasteiger partial charge < -0.3 is 4.42 Å². The molecule has 0 saturated heterocycles. The molecule has 1 heteroatoms. The molecule has 0 unspecified atom stereocenters. The lowest BCUT2D eigenvalue weighted by Crippen LogP contribution is -1.91. The van der Waals surface area contributed by atoms with Crippen LogP contribution in [0.1, 0.15) is 11.0 Å². The molecule has 0 amide bonds. The predicted molar refractivity (Wildman–Crippen MR) is 200 cm³/mol. The summed E-state index contributed by atoms with van der Waals surface area (Å²) in [5, 5.41) is 6.11. The maximum Gasteiger partial charge on any atom is 0.136 e. The Morgan fingerprint density at radius 2 is 0.957 bits per heavy atom. The monoisotopic (exact) mass is 604 g/mol. The molecule has 0 aliphatic rings. The average Bonchev–Trinajstić information content (AvgIpc) is 3.61. The fourth-order valence-electron chi connectivity index (χ4n) is 7.20. The van der Waals surface area contributed by atoms with E-state index in [1.165, 1.54) is 0 Å². The summed E-state index contributed by atoms with van der Waals surface area (Å²) in [6, 6.07) is 36.5. The van der Waals surface area contributed by atoms with Crippen LogP contribution in [0.2, 0.25) is 0 Å². The Kier molecular flexibility index (Phi) is 4.19. The summed E-state index contributed by atoms with van der Waals surface area (Å²) >= 11 is 0. The maximum atomic E-state index is 9.40. The first-order valence-corrected chi connectivity index (χ1v) is 15.5. The van der Waals surface area contributed by atoms with Gasteiger partial charge >= 0.3 is 0 Å². The Morgan fingerprint density at radius 1 is 0.383 bits per heavy atom. The maximum absolute atomic E-state index is 9.40. The van der Waals surface area contributed by atoms with Gasteiger partial charge in [-0.1, -0.05) is 145 Å². The van der Waals surface area contributed by atoms with Gasteiger partial charge in [-0.05, 0) is 101 Å². The molecule has 47 heavy (non-hydrogen) atoms. The van der Waals surface area contributed by atoms with Gasteiger partial charge in [0.05, 0.1) is 11.0 Å². The van der Waals surface area contributed by atoms with Crippen molar-refractivity contribution in [3.8, 4) is 33.4 Å². The Hall–Kier alpha value is -6.18. The second-order valence-electron chi connectivity index (χ2n) is 11.8. The fraction of sp³-hybridized carbons (Fsp3) is 0. The second kappa shape index (κ2) is 10.2. The average molecular weight is 605 g/mol. The zero-order chi connectivity index (χ0) is 37.9. The molecule has 0 N–H and O–H groups in total. The molecule has 0 fully saturated rings. The number of hydrogen-bond donors (Lipinski definition) is 0. The minimum absolute atomic E-state index is 0.170. The van der Waals surface area contributed by atoms with Gasteiger partial charge in [0.25, 0.3) is 0 Å². The molecule has 1 heterocycles. The number of benzene rings is 9. The highest BCUT2D eigenvalue weighted by molar-refractivity contribution is 6.26. The Morgan fingerprint density at radius 3 is 1.66 bits per heavy atom. The molecule has 0 aliphatic carbocycles. The first-order chi connectivity index (χ1) is 26.6. The van der Waals surface area contributed by atoms with Crippen LogP contribution in [0.5, 0.6) is 0 Å². The number of fused-ring (bicyclic) bond motifs is 8. The van der Waals surface area contributed by atoms with Crippen LogP contribution in [0, 0.1) is 0 Å². The van der Waals surface area contributed by atoms with Gasteiger partial charge in [0.15, 0.2) is 0 Å². The lowest BCUT2D eigenvalue weighted by Gasteiger charge is -2.18. The smallest absolute Gasteiger partial charge is 0.136 e. The topological polar surface area (TPSA) is 13.1 Å². The Labute approximate surface area is 283 Å². The molecule has 1 aromatic heterocycles. The van der Waals surface area contributed by atoms with Crippen molar-refractivity contribution in [2.75, 3.05) is 0 Å². The van der Waals surface area contributed by atoms with Gasteiger partial charge in [0.1, 0.15) is 11.2 Å². The summed E-state index contributed by atoms with van der Waals surface area (Å²) in [5.74, 6) is 0. The molecular weight excluding hydrogens is 569 g/mol. The second-order valence-corrected chi connectivity index (χ2v) is 11.8. The van der Waals surface area contributed by atoms with Crippen molar-refractivity contribution in [1.82, 2.24) is 0 Å². The molecule has 0 aliphatic heterocycles. The van der Waals surface area contributed by atoms with Gasteiger partial charge in [-0.3, -0.25) is 0 Å². The van der Waals surface area contributed by atoms with Crippen molar-refractivity contribution in [3.05, 3.63) is 170 Å². The van der Waals surface area contributed by atoms with Crippen molar-refractivity contribution in [3.63, 3.8) is 0 Å². The molecule has 0 atom stereocenters. The van der Waals surface area contributed by atoms with Crippen LogP contribution in [0.15, 0.2) is 174 Å². The molecule has 9 aromatic carbocycles. The van der Waals surface area contributed by atoms with Crippen molar-refractivity contribution < 1.29 is 15.4 Å². The van der Waals surface area contributed by atoms with E-state index >= 15 is 0 Å². The van der Waals surface area contributed by atoms with E-state index in [4.69, 9.17) is 9.90 Å². The number of hydrogen-bond acceptors (Lipinski definition) is 1. The third-order valence-corrected chi connectivity index (χ3v) is 9.28. The minimum atomic E-state index is -0.436. The number of para-hydroxylation sites is 1. The highest BCUT2D eigenvalue weighted by Crippen LogP contribution is 2.47. The number of furan rings is 1. The van der Waals surface area contributed by atoms with Crippen molar-refractivity contribution in [2.45, 2.75) is 0 Å². The first kappa shape index (κ1) is 19.4. The highest BCUT2D eigenvalue weighted by Gasteiger charge is 2.20. The molecule has 0 spiro atoms. The molecule has 218 valence electrons. The summed E-state index contributed by atoms with van der Waals surface area (Å²) in [5.41, 5.74) is 5.11. The standard InChI is InChI=1S/C46H28O/c1-2-11-29(12-3-1)30-23-25-34-31(27-30)21-22-32-28-33(24-26-35(32)34)44-36-13-4-6-15-38(36)45(39-16-7-5-14-37(39)44)41-18-10-20-43-46(41)40-17-8-9-19-42(40)47-43/h1-28H/i4D,5D,6D,7D,13D,14D,15D,16D. The summed E-state index contributed by atoms with van der Waals surface area (Å²) in [7, 11) is 0. The molecule has 0 radical (unpaired) electrons. The third-order valence-electron chi connectivity index (χ3n) is 9.28. The van der Waals surface area contributed by atoms with Gasteiger partial charge in [0, 0.05) is 10.8 Å². The summed E-state index contributed by atoms with van der Waals surface area (Å²) in [6.07, 6.45) is 0. The predicted octanol–water partition coefficient (Wildman–Crippen LogP) is 13.2. The van der Waals surface area contributed by atoms with Crippen molar-refractivity contribution >= 4 is 65.0 Å². The van der Waals surface area contributed by atoms with E-state index < -0.39 is 24.2 Å². The third kappa shape index (κ3) is 3.97. The van der Waals surface area contributed by atoms with E-state index in [0.717, 1.165) is 38.1 Å². The van der Waals surface area contributed by atoms with Crippen LogP contribution < -0.4 is 0 Å². The molecule has 0 saturated carbocycles. The lowest BCUT2D eigenvalue weighted by atomic mass is 9.84. The van der Waals surface area contributed by atoms with E-state index in [1.807, 2.05) is 78.9 Å². The van der Waals surface area contributed by atoms with Gasteiger partial charge in [-0.2, -0.15) is 0 Å². The van der Waals surface area contributed by atoms with Crippen molar-refractivity contribution in [2.24, 2.45) is 0 Å². The number of rotatable bonds is 3. The van der Waals surface area contributed by atoms with E-state index in [2.05, 4.69) is 36.4 Å². The normalized spacial score (nSPS) is 14.2. The molecule has 0 bridgehead atoms. The highest BCUT2D eigenvalue weighted by atomic mass is 16.3. The lowest BCUT2D eigenvalue weighted by molar-refractivity contribution is 0.669. The molecule has 10 aromatic rings. The quantitative estimate of drug-likeness (QED) is 0.144. The van der Waals surface area contributed by atoms with Crippen LogP contribution in [0.25, 0.3) is 98.4 Å². The molecular formula is C46H28O. The Balaban J connectivity index is 1.36. The zero-order valence-corrected chi connectivity index (χ0v) is 25.0. The van der Waals surface area contributed by atoms with Gasteiger partial charge in [-0.15, -0.1) is 0 Å². The minimum Gasteiger partial charge on any atom is -0.456 e. The fourth-order valence-corrected chi connectivity index (χ4v) is 7.20. The molecule has 10 rings (SSSR count). The van der Waals surface area contributed by atoms with E-state index in [9.17, 15) is 5.48 Å². The van der Waals surface area contributed by atoms with E-state index in [0.29, 0.717) is 38.8 Å². The SMILES string of the molecule is [2H]c1c([2H])c([2H])c2c(-c3cccc4oc5ccccc5c34)c3c([2H])c([2H])c([2H])c([2H])c3c(-c3ccc4c(ccc5cc(-c6ccccc6)ccc54)c3)c2c1[2H].